The van der Waals surface area contributed by atoms with E-state index in [1.165, 1.54) is 18.2 Å². The molecule has 0 aliphatic carbocycles. The van der Waals surface area contributed by atoms with Crippen LogP contribution in [0.25, 0.3) is 0 Å². The Morgan fingerprint density at radius 3 is 2.64 bits per heavy atom. The first-order chi connectivity index (χ1) is 6.50. The van der Waals surface area contributed by atoms with Gasteiger partial charge in [0.05, 0.1) is 5.02 Å². The van der Waals surface area contributed by atoms with E-state index in [9.17, 15) is 4.79 Å². The summed E-state index contributed by atoms with van der Waals surface area (Å²) in [7, 11) is 0. The first kappa shape index (κ1) is 10.8. The highest BCUT2D eigenvalue weighted by Gasteiger charge is 2.14. The largest absolute Gasteiger partial charge is 0.506 e. The minimum absolute atomic E-state index is 0.0324. The van der Waals surface area contributed by atoms with E-state index in [0.29, 0.717) is 5.56 Å². The van der Waals surface area contributed by atoms with Crippen molar-refractivity contribution in [3.63, 3.8) is 0 Å². The molecular formula is C9H9ClO4. The number of aliphatic carboxylic acids is 1. The van der Waals surface area contributed by atoms with Crippen molar-refractivity contribution in [1.29, 1.82) is 0 Å². The molecule has 0 saturated heterocycles. The molecule has 1 aromatic carbocycles. The minimum atomic E-state index is -1.45. The Bertz CT molecular complexity index is 351. The molecule has 3 N–H and O–H groups in total. The maximum Gasteiger partial charge on any atom is 0.332 e. The summed E-state index contributed by atoms with van der Waals surface area (Å²) in [6.45, 7) is 0. The zero-order valence-corrected chi connectivity index (χ0v) is 7.90. The van der Waals surface area contributed by atoms with Crippen molar-refractivity contribution in [2.75, 3.05) is 0 Å². The molecule has 0 fully saturated rings. The average molecular weight is 217 g/mol. The van der Waals surface area contributed by atoms with E-state index >= 15 is 0 Å². The van der Waals surface area contributed by atoms with Crippen molar-refractivity contribution in [1.82, 2.24) is 0 Å². The van der Waals surface area contributed by atoms with Gasteiger partial charge >= 0.3 is 5.97 Å². The molecule has 0 saturated carbocycles. The van der Waals surface area contributed by atoms with Crippen LogP contribution in [0.2, 0.25) is 5.02 Å². The molecule has 0 aliphatic heterocycles. The van der Waals surface area contributed by atoms with Gasteiger partial charge in [-0.25, -0.2) is 4.79 Å². The van der Waals surface area contributed by atoms with Crippen molar-refractivity contribution in [3.05, 3.63) is 28.8 Å². The van der Waals surface area contributed by atoms with E-state index < -0.39 is 12.1 Å². The summed E-state index contributed by atoms with van der Waals surface area (Å²) < 4.78 is 0. The number of phenolic OH excluding ortho intramolecular Hbond substituents is 1. The van der Waals surface area contributed by atoms with E-state index in [4.69, 9.17) is 26.9 Å². The van der Waals surface area contributed by atoms with Crippen LogP contribution in [0.1, 0.15) is 5.56 Å². The third kappa shape index (κ3) is 2.61. The molecule has 0 amide bonds. The quantitative estimate of drug-likeness (QED) is 0.705. The lowest BCUT2D eigenvalue weighted by molar-refractivity contribution is -0.146. The Labute approximate surface area is 85.4 Å². The van der Waals surface area contributed by atoms with Gasteiger partial charge in [-0.15, -0.1) is 0 Å². The molecule has 1 atom stereocenters. The van der Waals surface area contributed by atoms with Crippen molar-refractivity contribution in [2.24, 2.45) is 0 Å². The first-order valence-electron chi connectivity index (χ1n) is 3.89. The SMILES string of the molecule is O=C(O)C(O)Cc1ccc(O)c(Cl)c1. The van der Waals surface area contributed by atoms with Gasteiger partial charge in [0, 0.05) is 6.42 Å². The van der Waals surface area contributed by atoms with Crippen LogP contribution >= 0.6 is 11.6 Å². The summed E-state index contributed by atoms with van der Waals surface area (Å²) in [5.74, 6) is -1.35. The average Bonchev–Trinajstić information content (AvgIpc) is 2.11. The normalized spacial score (nSPS) is 12.4. The number of hydrogen-bond donors (Lipinski definition) is 3. The highest BCUT2D eigenvalue weighted by molar-refractivity contribution is 6.32. The number of rotatable bonds is 3. The fourth-order valence-electron chi connectivity index (χ4n) is 0.988. The van der Waals surface area contributed by atoms with Crippen LogP contribution in [-0.4, -0.2) is 27.4 Å². The molecule has 4 nitrogen and oxygen atoms in total. The van der Waals surface area contributed by atoms with Crippen LogP contribution in [0, 0.1) is 0 Å². The maximum absolute atomic E-state index is 10.3. The van der Waals surface area contributed by atoms with Crippen molar-refractivity contribution in [2.45, 2.75) is 12.5 Å². The Morgan fingerprint density at radius 2 is 2.14 bits per heavy atom. The van der Waals surface area contributed by atoms with E-state index in [0.717, 1.165) is 0 Å². The van der Waals surface area contributed by atoms with E-state index in [1.807, 2.05) is 0 Å². The second-order valence-electron chi connectivity index (χ2n) is 2.84. The zero-order valence-electron chi connectivity index (χ0n) is 7.14. The van der Waals surface area contributed by atoms with Gasteiger partial charge in [0.25, 0.3) is 0 Å². The summed E-state index contributed by atoms with van der Waals surface area (Å²) >= 11 is 5.60. The predicted molar refractivity (Wildman–Crippen MR) is 50.5 cm³/mol. The molecule has 0 radical (unpaired) electrons. The fraction of sp³-hybridized carbons (Fsp3) is 0.222. The number of aliphatic hydroxyl groups is 1. The van der Waals surface area contributed by atoms with Gasteiger partial charge in [0.2, 0.25) is 0 Å². The van der Waals surface area contributed by atoms with Gasteiger partial charge in [-0.2, -0.15) is 0 Å². The van der Waals surface area contributed by atoms with Gasteiger partial charge in [-0.05, 0) is 17.7 Å². The smallest absolute Gasteiger partial charge is 0.332 e. The first-order valence-corrected chi connectivity index (χ1v) is 4.26. The molecule has 1 unspecified atom stereocenters. The second-order valence-corrected chi connectivity index (χ2v) is 3.25. The number of hydrogen-bond acceptors (Lipinski definition) is 3. The predicted octanol–water partition coefficient (Wildman–Crippen LogP) is 1.03. The molecule has 5 heteroatoms. The Kier molecular flexibility index (Phi) is 3.33. The molecule has 14 heavy (non-hydrogen) atoms. The van der Waals surface area contributed by atoms with E-state index in [2.05, 4.69) is 0 Å². The Hall–Kier alpha value is -1.26. The summed E-state index contributed by atoms with van der Waals surface area (Å²) in [6, 6.07) is 4.28. The maximum atomic E-state index is 10.3. The topological polar surface area (TPSA) is 77.8 Å². The lowest BCUT2D eigenvalue weighted by Gasteiger charge is -2.06. The molecule has 0 aliphatic rings. The molecule has 0 aromatic heterocycles. The molecule has 1 aromatic rings. The molecule has 0 heterocycles. The molecule has 0 spiro atoms. The lowest BCUT2D eigenvalue weighted by Crippen LogP contribution is -2.21. The number of carboxylic acid groups (broad SMARTS) is 1. The van der Waals surface area contributed by atoms with Gasteiger partial charge in [0.15, 0.2) is 6.10 Å². The van der Waals surface area contributed by atoms with Crippen LogP contribution in [-0.2, 0) is 11.2 Å². The number of aliphatic hydroxyl groups excluding tert-OH is 1. The van der Waals surface area contributed by atoms with Crippen LogP contribution in [0.5, 0.6) is 5.75 Å². The Balaban J connectivity index is 2.78. The van der Waals surface area contributed by atoms with E-state index in [1.54, 1.807) is 0 Å². The van der Waals surface area contributed by atoms with E-state index in [-0.39, 0.29) is 17.2 Å². The second kappa shape index (κ2) is 4.30. The summed E-state index contributed by atoms with van der Waals surface area (Å²) in [5, 5.41) is 26.7. The summed E-state index contributed by atoms with van der Waals surface area (Å²) in [6.07, 6.45) is -1.48. The third-order valence-corrected chi connectivity index (χ3v) is 2.03. The zero-order chi connectivity index (χ0) is 10.7. The molecular weight excluding hydrogens is 208 g/mol. The van der Waals surface area contributed by atoms with Gasteiger partial charge < -0.3 is 15.3 Å². The molecule has 1 rings (SSSR count). The van der Waals surface area contributed by atoms with Crippen LogP contribution in [0.4, 0.5) is 0 Å². The van der Waals surface area contributed by atoms with Crippen molar-refractivity contribution < 1.29 is 20.1 Å². The number of carbonyl (C=O) groups is 1. The lowest BCUT2D eigenvalue weighted by atomic mass is 10.1. The van der Waals surface area contributed by atoms with Crippen LogP contribution in [0.15, 0.2) is 18.2 Å². The summed E-state index contributed by atoms with van der Waals surface area (Å²) in [4.78, 5) is 10.3. The van der Waals surface area contributed by atoms with Crippen molar-refractivity contribution >= 4 is 17.6 Å². The highest BCUT2D eigenvalue weighted by Crippen LogP contribution is 2.24. The number of benzene rings is 1. The van der Waals surface area contributed by atoms with Gasteiger partial charge in [-0.1, -0.05) is 17.7 Å². The number of aromatic hydroxyl groups is 1. The van der Waals surface area contributed by atoms with Crippen molar-refractivity contribution in [3.8, 4) is 5.75 Å². The van der Waals surface area contributed by atoms with Gasteiger partial charge in [-0.3, -0.25) is 0 Å². The highest BCUT2D eigenvalue weighted by atomic mass is 35.5. The summed E-state index contributed by atoms with van der Waals surface area (Å²) in [5.41, 5.74) is 0.558. The van der Waals surface area contributed by atoms with Gasteiger partial charge in [0.1, 0.15) is 5.75 Å². The number of halogens is 1. The van der Waals surface area contributed by atoms with Crippen LogP contribution < -0.4 is 0 Å². The standard InChI is InChI=1S/C9H9ClO4/c10-6-3-5(1-2-7(6)11)4-8(12)9(13)14/h1-3,8,11-12H,4H2,(H,13,14). The Morgan fingerprint density at radius 1 is 1.50 bits per heavy atom. The molecule has 0 bridgehead atoms. The molecule has 76 valence electrons. The number of phenols is 1. The third-order valence-electron chi connectivity index (χ3n) is 1.73. The minimum Gasteiger partial charge on any atom is -0.506 e. The number of carboxylic acids is 1. The fourth-order valence-corrected chi connectivity index (χ4v) is 1.19. The van der Waals surface area contributed by atoms with Crippen LogP contribution in [0.3, 0.4) is 0 Å². The monoisotopic (exact) mass is 216 g/mol.